The Kier molecular flexibility index (Phi) is 5.88. The SMILES string of the molecule is CC(C)CNCc1nccn1CC(=O)NCC#N. The number of hydrogen-bond acceptors (Lipinski definition) is 4. The van der Waals surface area contributed by atoms with Gasteiger partial charge in [0.25, 0.3) is 0 Å². The van der Waals surface area contributed by atoms with Crippen LogP contribution in [0.15, 0.2) is 12.4 Å². The van der Waals surface area contributed by atoms with Crippen LogP contribution in [0.5, 0.6) is 0 Å². The standard InChI is InChI=1S/C12H19N5O/c1-10(2)7-14-8-11-15-5-6-17(11)9-12(18)16-4-3-13/h5-6,10,14H,4,7-9H2,1-2H3,(H,16,18). The molecule has 18 heavy (non-hydrogen) atoms. The molecule has 0 aliphatic heterocycles. The first-order valence-corrected chi connectivity index (χ1v) is 5.98. The van der Waals surface area contributed by atoms with Crippen LogP contribution >= 0.6 is 0 Å². The van der Waals surface area contributed by atoms with E-state index in [0.29, 0.717) is 12.5 Å². The van der Waals surface area contributed by atoms with E-state index in [4.69, 9.17) is 5.26 Å². The Bertz CT molecular complexity index is 418. The molecular weight excluding hydrogens is 230 g/mol. The fraction of sp³-hybridized carbons (Fsp3) is 0.583. The number of nitrogens with one attached hydrogen (secondary N) is 2. The van der Waals surface area contributed by atoms with Gasteiger partial charge in [-0.25, -0.2) is 4.98 Å². The van der Waals surface area contributed by atoms with Gasteiger partial charge in [0.2, 0.25) is 5.91 Å². The average molecular weight is 249 g/mol. The van der Waals surface area contributed by atoms with Gasteiger partial charge in [0, 0.05) is 12.4 Å². The Hall–Kier alpha value is -1.87. The number of rotatable bonds is 7. The van der Waals surface area contributed by atoms with Gasteiger partial charge in [-0.15, -0.1) is 0 Å². The van der Waals surface area contributed by atoms with Crippen molar-refractivity contribution in [3.63, 3.8) is 0 Å². The van der Waals surface area contributed by atoms with Gasteiger partial charge in [-0.2, -0.15) is 5.26 Å². The maximum absolute atomic E-state index is 11.5. The zero-order chi connectivity index (χ0) is 13.4. The van der Waals surface area contributed by atoms with Gasteiger partial charge in [0.05, 0.1) is 12.6 Å². The van der Waals surface area contributed by atoms with Crippen LogP contribution in [-0.2, 0) is 17.9 Å². The summed E-state index contributed by atoms with van der Waals surface area (Å²) in [6, 6.07) is 1.87. The molecule has 0 atom stereocenters. The Morgan fingerprint density at radius 3 is 3.06 bits per heavy atom. The summed E-state index contributed by atoms with van der Waals surface area (Å²) < 4.78 is 1.78. The second-order valence-corrected chi connectivity index (χ2v) is 4.43. The maximum atomic E-state index is 11.5. The van der Waals surface area contributed by atoms with Crippen molar-refractivity contribution >= 4 is 5.91 Å². The minimum absolute atomic E-state index is 0.0362. The minimum Gasteiger partial charge on any atom is -0.341 e. The molecule has 6 heteroatoms. The number of imidazole rings is 1. The molecule has 2 N–H and O–H groups in total. The monoisotopic (exact) mass is 249 g/mol. The fourth-order valence-corrected chi connectivity index (χ4v) is 1.47. The molecule has 1 aromatic heterocycles. The first-order valence-electron chi connectivity index (χ1n) is 5.98. The smallest absolute Gasteiger partial charge is 0.240 e. The molecule has 1 heterocycles. The molecule has 0 fully saturated rings. The van der Waals surface area contributed by atoms with Gasteiger partial charge < -0.3 is 15.2 Å². The number of amides is 1. The summed E-state index contributed by atoms with van der Waals surface area (Å²) in [7, 11) is 0. The van der Waals surface area contributed by atoms with Crippen LogP contribution < -0.4 is 10.6 Å². The van der Waals surface area contributed by atoms with Crippen molar-refractivity contribution in [3.05, 3.63) is 18.2 Å². The molecule has 0 saturated heterocycles. The third kappa shape index (κ3) is 4.97. The highest BCUT2D eigenvalue weighted by molar-refractivity contribution is 5.75. The average Bonchev–Trinajstić information content (AvgIpc) is 2.73. The number of carbonyl (C=O) groups excluding carboxylic acids is 1. The predicted molar refractivity (Wildman–Crippen MR) is 67.4 cm³/mol. The molecule has 6 nitrogen and oxygen atoms in total. The lowest BCUT2D eigenvalue weighted by Gasteiger charge is -2.09. The normalized spacial score (nSPS) is 10.3. The van der Waals surface area contributed by atoms with Gasteiger partial charge in [0.1, 0.15) is 18.9 Å². The van der Waals surface area contributed by atoms with E-state index in [9.17, 15) is 4.79 Å². The van der Waals surface area contributed by atoms with E-state index in [1.54, 1.807) is 17.0 Å². The van der Waals surface area contributed by atoms with Gasteiger partial charge in [-0.1, -0.05) is 13.8 Å². The van der Waals surface area contributed by atoms with Crippen molar-refractivity contribution in [2.24, 2.45) is 5.92 Å². The Labute approximate surface area is 107 Å². The second-order valence-electron chi connectivity index (χ2n) is 4.43. The van der Waals surface area contributed by atoms with Crippen molar-refractivity contribution in [1.29, 1.82) is 5.26 Å². The van der Waals surface area contributed by atoms with Crippen molar-refractivity contribution < 1.29 is 4.79 Å². The maximum Gasteiger partial charge on any atom is 0.240 e. The van der Waals surface area contributed by atoms with Crippen LogP contribution in [-0.4, -0.2) is 28.5 Å². The second kappa shape index (κ2) is 7.45. The summed E-state index contributed by atoms with van der Waals surface area (Å²) in [4.78, 5) is 15.7. The molecule has 98 valence electrons. The molecule has 0 aliphatic carbocycles. The van der Waals surface area contributed by atoms with Crippen molar-refractivity contribution in [1.82, 2.24) is 20.2 Å². The summed E-state index contributed by atoms with van der Waals surface area (Å²) in [5, 5.41) is 14.1. The lowest BCUT2D eigenvalue weighted by Crippen LogP contribution is -2.29. The van der Waals surface area contributed by atoms with E-state index < -0.39 is 0 Å². The Morgan fingerprint density at radius 1 is 1.61 bits per heavy atom. The summed E-state index contributed by atoms with van der Waals surface area (Å²) >= 11 is 0. The Balaban J connectivity index is 2.44. The number of carbonyl (C=O) groups is 1. The molecule has 0 unspecified atom stereocenters. The van der Waals surface area contributed by atoms with Gasteiger partial charge in [0.15, 0.2) is 0 Å². The third-order valence-corrected chi connectivity index (χ3v) is 2.32. The first kappa shape index (κ1) is 14.2. The fourth-order valence-electron chi connectivity index (χ4n) is 1.47. The van der Waals surface area contributed by atoms with Crippen LogP contribution in [0.4, 0.5) is 0 Å². The van der Waals surface area contributed by atoms with E-state index in [1.807, 2.05) is 6.07 Å². The topological polar surface area (TPSA) is 82.7 Å². The molecule has 0 aliphatic rings. The molecule has 0 aromatic carbocycles. The highest BCUT2D eigenvalue weighted by Gasteiger charge is 2.07. The molecule has 1 rings (SSSR count). The van der Waals surface area contributed by atoms with Gasteiger partial charge >= 0.3 is 0 Å². The van der Waals surface area contributed by atoms with E-state index >= 15 is 0 Å². The van der Waals surface area contributed by atoms with E-state index in [0.717, 1.165) is 12.4 Å². The molecular formula is C12H19N5O. The van der Waals surface area contributed by atoms with Crippen molar-refractivity contribution in [3.8, 4) is 6.07 Å². The molecule has 1 aromatic rings. The molecule has 0 bridgehead atoms. The van der Waals surface area contributed by atoms with Crippen LogP contribution in [0.25, 0.3) is 0 Å². The summed E-state index contributed by atoms with van der Waals surface area (Å²) in [5.74, 6) is 1.22. The Morgan fingerprint density at radius 2 is 2.39 bits per heavy atom. The molecule has 1 amide bonds. The summed E-state index contributed by atoms with van der Waals surface area (Å²) in [5.41, 5.74) is 0. The zero-order valence-corrected chi connectivity index (χ0v) is 10.8. The van der Waals surface area contributed by atoms with Gasteiger partial charge in [-0.05, 0) is 12.5 Å². The van der Waals surface area contributed by atoms with Crippen LogP contribution in [0.3, 0.4) is 0 Å². The van der Waals surface area contributed by atoms with E-state index in [-0.39, 0.29) is 19.0 Å². The lowest BCUT2D eigenvalue weighted by atomic mass is 10.2. The number of aromatic nitrogens is 2. The summed E-state index contributed by atoms with van der Waals surface area (Å²) in [6.07, 6.45) is 3.43. The summed E-state index contributed by atoms with van der Waals surface area (Å²) in [6.45, 7) is 6.04. The quantitative estimate of drug-likeness (QED) is 0.679. The number of nitriles is 1. The third-order valence-electron chi connectivity index (χ3n) is 2.32. The molecule has 0 radical (unpaired) electrons. The van der Waals surface area contributed by atoms with Crippen LogP contribution in [0.2, 0.25) is 0 Å². The van der Waals surface area contributed by atoms with Crippen LogP contribution in [0.1, 0.15) is 19.7 Å². The predicted octanol–water partition coefficient (Wildman–Crippen LogP) is 0.268. The van der Waals surface area contributed by atoms with Crippen molar-refractivity contribution in [2.75, 3.05) is 13.1 Å². The minimum atomic E-state index is -0.181. The highest BCUT2D eigenvalue weighted by atomic mass is 16.1. The van der Waals surface area contributed by atoms with Crippen LogP contribution in [0, 0.1) is 17.2 Å². The first-order chi connectivity index (χ1) is 8.63. The van der Waals surface area contributed by atoms with Crippen molar-refractivity contribution in [2.45, 2.75) is 26.9 Å². The number of nitrogens with zero attached hydrogens (tertiary/aromatic N) is 3. The molecule has 0 saturated carbocycles. The zero-order valence-electron chi connectivity index (χ0n) is 10.8. The highest BCUT2D eigenvalue weighted by Crippen LogP contribution is 1.98. The molecule has 0 spiro atoms. The van der Waals surface area contributed by atoms with E-state index in [2.05, 4.69) is 29.5 Å². The lowest BCUT2D eigenvalue weighted by molar-refractivity contribution is -0.121. The van der Waals surface area contributed by atoms with Gasteiger partial charge in [-0.3, -0.25) is 4.79 Å². The van der Waals surface area contributed by atoms with E-state index in [1.165, 1.54) is 0 Å². The largest absolute Gasteiger partial charge is 0.341 e. The number of hydrogen-bond donors (Lipinski definition) is 2.